The molecule has 1 aromatic carbocycles. The molecular formula is C33H46N2O6. The molecule has 0 aromatic heterocycles. The van der Waals surface area contributed by atoms with Crippen molar-refractivity contribution in [3.8, 4) is 0 Å². The van der Waals surface area contributed by atoms with Crippen molar-refractivity contribution in [1.29, 1.82) is 0 Å². The van der Waals surface area contributed by atoms with Crippen molar-refractivity contribution < 1.29 is 29.0 Å². The van der Waals surface area contributed by atoms with E-state index in [2.05, 4.69) is 20.1 Å². The molecule has 3 fully saturated rings. The van der Waals surface area contributed by atoms with Crippen molar-refractivity contribution >= 4 is 17.8 Å². The van der Waals surface area contributed by atoms with Gasteiger partial charge in [0.05, 0.1) is 30.8 Å². The number of esters is 1. The normalized spacial score (nSPS) is 30.6. The van der Waals surface area contributed by atoms with Gasteiger partial charge in [0.2, 0.25) is 11.8 Å². The number of hydrogen-bond acceptors (Lipinski definition) is 6. The molecule has 4 rings (SSSR count). The van der Waals surface area contributed by atoms with E-state index in [1.165, 1.54) is 0 Å². The summed E-state index contributed by atoms with van der Waals surface area (Å²) >= 11 is 0. The van der Waals surface area contributed by atoms with E-state index in [4.69, 9.17) is 9.47 Å². The third-order valence-electron chi connectivity index (χ3n) is 9.40. The van der Waals surface area contributed by atoms with Gasteiger partial charge < -0.3 is 24.4 Å². The van der Waals surface area contributed by atoms with Crippen LogP contribution in [0.15, 0.2) is 55.6 Å². The van der Waals surface area contributed by atoms with Crippen molar-refractivity contribution in [1.82, 2.24) is 9.80 Å². The molecule has 2 amide bonds. The van der Waals surface area contributed by atoms with Gasteiger partial charge in [-0.25, -0.2) is 0 Å². The monoisotopic (exact) mass is 566 g/mol. The molecule has 41 heavy (non-hydrogen) atoms. The summed E-state index contributed by atoms with van der Waals surface area (Å²) in [4.78, 5) is 46.0. The summed E-state index contributed by atoms with van der Waals surface area (Å²) in [7, 11) is 0. The van der Waals surface area contributed by atoms with Gasteiger partial charge in [0.25, 0.3) is 0 Å². The lowest BCUT2D eigenvalue weighted by molar-refractivity contribution is -0.163. The Kier molecular flexibility index (Phi) is 9.75. The fourth-order valence-electron chi connectivity index (χ4n) is 7.30. The van der Waals surface area contributed by atoms with Crippen LogP contribution in [0.4, 0.5) is 0 Å². The Labute approximate surface area is 244 Å². The highest BCUT2D eigenvalue weighted by molar-refractivity contribution is 5.98. The second kappa shape index (κ2) is 12.9. The molecule has 0 saturated carbocycles. The second-order valence-corrected chi connectivity index (χ2v) is 12.0. The minimum Gasteiger partial charge on any atom is -0.465 e. The molecule has 3 unspecified atom stereocenters. The van der Waals surface area contributed by atoms with Crippen molar-refractivity contribution in [2.45, 2.75) is 82.6 Å². The van der Waals surface area contributed by atoms with Gasteiger partial charge in [0.15, 0.2) is 0 Å². The Morgan fingerprint density at radius 1 is 1.24 bits per heavy atom. The highest BCUT2D eigenvalue weighted by Gasteiger charge is 2.80. The first-order valence-corrected chi connectivity index (χ1v) is 15.0. The lowest BCUT2D eigenvalue weighted by Crippen LogP contribution is -2.59. The predicted octanol–water partition coefficient (Wildman–Crippen LogP) is 3.92. The summed E-state index contributed by atoms with van der Waals surface area (Å²) in [5.41, 5.74) is -1.19. The van der Waals surface area contributed by atoms with Crippen LogP contribution in [-0.2, 0) is 30.3 Å². The Morgan fingerprint density at radius 2 is 1.98 bits per heavy atom. The summed E-state index contributed by atoms with van der Waals surface area (Å²) in [6.07, 6.45) is 7.37. The van der Waals surface area contributed by atoms with E-state index in [1.54, 1.807) is 22.0 Å². The number of amides is 2. The summed E-state index contributed by atoms with van der Waals surface area (Å²) in [5.74, 6) is -2.81. The Balaban J connectivity index is 1.78. The molecule has 1 spiro atoms. The number of nitrogens with zero attached hydrogens (tertiary/aromatic N) is 2. The molecule has 1 aromatic rings. The number of rotatable bonds is 15. The van der Waals surface area contributed by atoms with Gasteiger partial charge in [0.1, 0.15) is 17.6 Å². The first-order chi connectivity index (χ1) is 19.7. The maximum absolute atomic E-state index is 14.5. The fourth-order valence-corrected chi connectivity index (χ4v) is 7.30. The van der Waals surface area contributed by atoms with E-state index in [1.807, 2.05) is 44.2 Å². The van der Waals surface area contributed by atoms with Gasteiger partial charge in [-0.3, -0.25) is 14.4 Å². The number of hydrogen-bond donors (Lipinski definition) is 1. The summed E-state index contributed by atoms with van der Waals surface area (Å²) in [6, 6.07) is 7.99. The quantitative estimate of drug-likeness (QED) is 0.196. The lowest BCUT2D eigenvalue weighted by atomic mass is 9.62. The molecule has 3 saturated heterocycles. The number of carbonyl (C=O) groups is 3. The van der Waals surface area contributed by atoms with Gasteiger partial charge in [-0.2, -0.15) is 0 Å². The number of unbranched alkanes of at least 4 members (excludes halogenated alkanes) is 2. The van der Waals surface area contributed by atoms with Crippen LogP contribution in [0.2, 0.25) is 0 Å². The van der Waals surface area contributed by atoms with Crippen LogP contribution in [0.3, 0.4) is 0 Å². The number of benzene rings is 1. The topological polar surface area (TPSA) is 96.4 Å². The van der Waals surface area contributed by atoms with Crippen LogP contribution in [0.25, 0.3) is 0 Å². The van der Waals surface area contributed by atoms with Crippen LogP contribution in [-0.4, -0.2) is 82.3 Å². The molecule has 224 valence electrons. The average molecular weight is 567 g/mol. The van der Waals surface area contributed by atoms with E-state index in [9.17, 15) is 19.5 Å². The Hall–Kier alpha value is -2.97. The number of ether oxygens (including phenoxy) is 2. The highest BCUT2D eigenvalue weighted by atomic mass is 16.6. The van der Waals surface area contributed by atoms with E-state index in [0.29, 0.717) is 38.8 Å². The Morgan fingerprint density at radius 3 is 2.61 bits per heavy atom. The van der Waals surface area contributed by atoms with Crippen molar-refractivity contribution in [2.24, 2.45) is 17.8 Å². The van der Waals surface area contributed by atoms with Crippen molar-refractivity contribution in [3.63, 3.8) is 0 Å². The molecule has 0 radical (unpaired) electrons. The van der Waals surface area contributed by atoms with Crippen LogP contribution in [0.5, 0.6) is 0 Å². The minimum atomic E-state index is -1.19. The molecule has 1 N–H and O–H groups in total. The van der Waals surface area contributed by atoms with Crippen molar-refractivity contribution in [2.75, 3.05) is 26.3 Å². The first kappa shape index (κ1) is 31.0. The Bertz CT molecular complexity index is 1120. The molecule has 7 atom stereocenters. The van der Waals surface area contributed by atoms with Crippen molar-refractivity contribution in [3.05, 3.63) is 61.2 Å². The van der Waals surface area contributed by atoms with Gasteiger partial charge in [0, 0.05) is 13.1 Å². The molecule has 8 heteroatoms. The number of likely N-dealkylation sites (tertiary alicyclic amines) is 1. The van der Waals surface area contributed by atoms with Crippen LogP contribution < -0.4 is 0 Å². The average Bonchev–Trinajstić information content (AvgIpc) is 3.48. The number of aliphatic hydroxyl groups is 1. The summed E-state index contributed by atoms with van der Waals surface area (Å²) < 4.78 is 12.5. The first-order valence-electron chi connectivity index (χ1n) is 15.0. The molecule has 3 aliphatic heterocycles. The zero-order valence-corrected chi connectivity index (χ0v) is 24.8. The minimum absolute atomic E-state index is 0.0854. The molecule has 8 nitrogen and oxygen atoms in total. The van der Waals surface area contributed by atoms with E-state index in [-0.39, 0.29) is 30.9 Å². The number of aliphatic hydroxyl groups excluding tert-OH is 1. The van der Waals surface area contributed by atoms with Gasteiger partial charge in [-0.05, 0) is 50.5 Å². The van der Waals surface area contributed by atoms with E-state index in [0.717, 1.165) is 18.4 Å². The zero-order chi connectivity index (χ0) is 29.8. The number of fused-ring (bicyclic) bond motifs is 1. The molecular weight excluding hydrogens is 520 g/mol. The molecule has 2 bridgehead atoms. The second-order valence-electron chi connectivity index (χ2n) is 12.0. The van der Waals surface area contributed by atoms with Gasteiger partial charge >= 0.3 is 5.97 Å². The maximum atomic E-state index is 14.5. The largest absolute Gasteiger partial charge is 0.465 e. The highest BCUT2D eigenvalue weighted by Crippen LogP contribution is 2.65. The smallest absolute Gasteiger partial charge is 0.312 e. The standard InChI is InChI=1S/C33H46N2O6/c1-6-9-14-19-40-31(39)27-26-29(37)35(25(22-36)20-24-15-12-11-13-16-24)28(30(38)34(17-8-3)18-10-7-2)33(26)21-23(4)32(27,5)41-33/h6,8,11-13,15-16,23,25-28,36H,1,3,7,9-10,14,17-22H2,2,4-5H3/t23?,25-,26+,27-,28?,32+,33?/m1/s1. The SMILES string of the molecule is C=CCCCOC(=O)[C@H]1[C@H]2C(=O)N([C@@H](CO)Cc3ccccc3)C(C(=O)N(CC=C)CCCC)C23CC(C)[C@]1(C)O3. The lowest BCUT2D eigenvalue weighted by Gasteiger charge is -2.39. The fraction of sp³-hybridized carbons (Fsp3) is 0.606. The van der Waals surface area contributed by atoms with Gasteiger partial charge in [-0.1, -0.05) is 62.8 Å². The maximum Gasteiger partial charge on any atom is 0.312 e. The zero-order valence-electron chi connectivity index (χ0n) is 24.8. The molecule has 0 aliphatic carbocycles. The third kappa shape index (κ3) is 5.48. The predicted molar refractivity (Wildman–Crippen MR) is 157 cm³/mol. The van der Waals surface area contributed by atoms with Crippen LogP contribution >= 0.6 is 0 Å². The van der Waals surface area contributed by atoms with Crippen LogP contribution in [0, 0.1) is 17.8 Å². The van der Waals surface area contributed by atoms with Gasteiger partial charge in [-0.15, -0.1) is 13.2 Å². The number of allylic oxidation sites excluding steroid dienone is 1. The van der Waals surface area contributed by atoms with Crippen LogP contribution in [0.1, 0.15) is 58.4 Å². The molecule has 3 aliphatic rings. The van der Waals surface area contributed by atoms with E-state index >= 15 is 0 Å². The number of carbonyl (C=O) groups excluding carboxylic acids is 3. The third-order valence-corrected chi connectivity index (χ3v) is 9.40. The summed E-state index contributed by atoms with van der Waals surface area (Å²) in [5, 5.41) is 10.6. The van der Waals surface area contributed by atoms with E-state index < -0.39 is 41.1 Å². The molecule has 3 heterocycles. The summed E-state index contributed by atoms with van der Waals surface area (Å²) in [6.45, 7) is 14.3.